The molecule has 8 heteroatoms. The van der Waals surface area contributed by atoms with Crippen LogP contribution in [0.3, 0.4) is 0 Å². The average molecular weight is 424 g/mol. The molecule has 0 radical (unpaired) electrons. The first kappa shape index (κ1) is 21.9. The molecule has 1 aliphatic rings. The van der Waals surface area contributed by atoms with Crippen molar-refractivity contribution in [1.29, 1.82) is 5.26 Å². The van der Waals surface area contributed by atoms with Crippen LogP contribution < -0.4 is 10.6 Å². The zero-order valence-electron chi connectivity index (χ0n) is 15.9. The third kappa shape index (κ3) is 4.73. The molecule has 0 aromatic heterocycles. The van der Waals surface area contributed by atoms with E-state index in [0.717, 1.165) is 11.3 Å². The fourth-order valence-corrected chi connectivity index (χ4v) is 3.55. The second-order valence-electron chi connectivity index (χ2n) is 6.07. The summed E-state index contributed by atoms with van der Waals surface area (Å²) in [6.07, 6.45) is 0. The third-order valence-electron chi connectivity index (χ3n) is 4.40. The zero-order valence-corrected chi connectivity index (χ0v) is 17.4. The van der Waals surface area contributed by atoms with Gasteiger partial charge in [-0.05, 0) is 31.5 Å². The van der Waals surface area contributed by atoms with Crippen molar-refractivity contribution >= 4 is 34.9 Å². The number of hydrogen-bond donors (Lipinski definition) is 1. The molecular formula is C20H23Cl2N3O3. The second kappa shape index (κ2) is 10.3. The van der Waals surface area contributed by atoms with Gasteiger partial charge in [0, 0.05) is 30.5 Å². The highest BCUT2D eigenvalue weighted by molar-refractivity contribution is 6.18. The highest BCUT2D eigenvalue weighted by atomic mass is 35.5. The summed E-state index contributed by atoms with van der Waals surface area (Å²) < 4.78 is 10.6. The number of carbonyl (C=O) groups is 1. The normalized spacial score (nSPS) is 16.5. The number of esters is 1. The molecule has 150 valence electrons. The lowest BCUT2D eigenvalue weighted by molar-refractivity contribution is -0.139. The quantitative estimate of drug-likeness (QED) is 0.507. The van der Waals surface area contributed by atoms with E-state index in [9.17, 15) is 10.1 Å². The molecule has 28 heavy (non-hydrogen) atoms. The lowest BCUT2D eigenvalue weighted by atomic mass is 9.83. The molecule has 1 unspecified atom stereocenters. The maximum Gasteiger partial charge on any atom is 0.338 e. The fourth-order valence-electron chi connectivity index (χ4n) is 3.14. The van der Waals surface area contributed by atoms with Gasteiger partial charge in [-0.1, -0.05) is 12.1 Å². The van der Waals surface area contributed by atoms with Gasteiger partial charge in [-0.2, -0.15) is 5.26 Å². The maximum absolute atomic E-state index is 12.5. The van der Waals surface area contributed by atoms with Crippen molar-refractivity contribution in [2.75, 3.05) is 36.4 Å². The summed E-state index contributed by atoms with van der Waals surface area (Å²) in [7, 11) is 0. The summed E-state index contributed by atoms with van der Waals surface area (Å²) in [5, 5.41) is 9.61. The van der Waals surface area contributed by atoms with E-state index in [-0.39, 0.29) is 23.6 Å². The topological polar surface area (TPSA) is 88.6 Å². The van der Waals surface area contributed by atoms with Crippen LogP contribution in [0.4, 0.5) is 5.69 Å². The number of ether oxygens (including phenoxy) is 2. The monoisotopic (exact) mass is 423 g/mol. The highest BCUT2D eigenvalue weighted by Gasteiger charge is 2.36. The molecule has 0 bridgehead atoms. The number of benzene rings is 1. The number of nitrogens with zero attached hydrogens (tertiary/aromatic N) is 2. The van der Waals surface area contributed by atoms with Crippen molar-refractivity contribution in [3.8, 4) is 6.07 Å². The lowest BCUT2D eigenvalue weighted by Crippen LogP contribution is -2.28. The van der Waals surface area contributed by atoms with Gasteiger partial charge in [0.05, 0.1) is 18.1 Å². The number of nitriles is 1. The minimum Gasteiger partial charge on any atom is -0.463 e. The number of alkyl halides is 2. The molecule has 6 nitrogen and oxygen atoms in total. The van der Waals surface area contributed by atoms with Gasteiger partial charge in [0.2, 0.25) is 5.88 Å². The van der Waals surface area contributed by atoms with E-state index in [2.05, 4.69) is 11.0 Å². The number of carbonyl (C=O) groups excluding carboxylic acids is 1. The minimum absolute atomic E-state index is 0.00645. The van der Waals surface area contributed by atoms with Crippen LogP contribution in [0.25, 0.3) is 0 Å². The Morgan fingerprint density at radius 1 is 1.29 bits per heavy atom. The molecule has 2 N–H and O–H groups in total. The molecule has 0 aliphatic carbocycles. The third-order valence-corrected chi connectivity index (χ3v) is 4.74. The van der Waals surface area contributed by atoms with Crippen LogP contribution in [-0.2, 0) is 14.3 Å². The molecule has 2 rings (SSSR count). The van der Waals surface area contributed by atoms with E-state index < -0.39 is 11.9 Å². The summed E-state index contributed by atoms with van der Waals surface area (Å²) in [5.74, 6) is 0.0983. The molecule has 1 heterocycles. The van der Waals surface area contributed by atoms with Crippen molar-refractivity contribution in [3.05, 3.63) is 52.6 Å². The summed E-state index contributed by atoms with van der Waals surface area (Å²) in [6, 6.07) is 9.61. The van der Waals surface area contributed by atoms with E-state index in [1.807, 2.05) is 24.3 Å². The molecule has 0 spiro atoms. The average Bonchev–Trinajstić information content (AvgIpc) is 2.67. The molecule has 1 aromatic carbocycles. The van der Waals surface area contributed by atoms with Crippen LogP contribution in [0.15, 0.2) is 47.1 Å². The number of anilines is 1. The maximum atomic E-state index is 12.5. The molecular weight excluding hydrogens is 401 g/mol. The molecule has 0 saturated carbocycles. The Balaban J connectivity index is 2.46. The predicted octanol–water partition coefficient (Wildman–Crippen LogP) is 3.62. The number of halogens is 2. The van der Waals surface area contributed by atoms with E-state index in [0.29, 0.717) is 30.6 Å². The van der Waals surface area contributed by atoms with Gasteiger partial charge in [0.15, 0.2) is 0 Å². The standard InChI is InChI=1S/C20H23Cl2N3O3/c1-3-27-20(26)17-13(2)28-19(24)16(12-23)18(17)14-4-6-15(7-5-14)25(10-8-21)11-9-22/h4-7,18H,3,8-11,24H2,1-2H3. The number of hydrogen-bond acceptors (Lipinski definition) is 6. The summed E-state index contributed by atoms with van der Waals surface area (Å²) in [5.41, 5.74) is 8.06. The van der Waals surface area contributed by atoms with Crippen LogP contribution in [0.2, 0.25) is 0 Å². The Bertz CT molecular complexity index is 807. The molecule has 1 aliphatic heterocycles. The number of allylic oxidation sites excluding steroid dienone is 2. The predicted molar refractivity (Wildman–Crippen MR) is 110 cm³/mol. The summed E-state index contributed by atoms with van der Waals surface area (Å²) >= 11 is 11.8. The van der Waals surface area contributed by atoms with Gasteiger partial charge < -0.3 is 20.1 Å². The van der Waals surface area contributed by atoms with Crippen molar-refractivity contribution in [1.82, 2.24) is 0 Å². The first-order valence-electron chi connectivity index (χ1n) is 8.90. The smallest absolute Gasteiger partial charge is 0.338 e. The Morgan fingerprint density at radius 3 is 2.39 bits per heavy atom. The fraction of sp³-hybridized carbons (Fsp3) is 0.400. The Hall–Kier alpha value is -2.36. The first-order valence-corrected chi connectivity index (χ1v) is 9.97. The van der Waals surface area contributed by atoms with Crippen LogP contribution in [0, 0.1) is 11.3 Å². The van der Waals surface area contributed by atoms with E-state index in [1.165, 1.54) is 0 Å². The minimum atomic E-state index is -0.652. The Labute approximate surface area is 175 Å². The summed E-state index contributed by atoms with van der Waals surface area (Å²) in [4.78, 5) is 14.6. The van der Waals surface area contributed by atoms with Gasteiger partial charge in [-0.15, -0.1) is 23.2 Å². The molecule has 0 amide bonds. The van der Waals surface area contributed by atoms with Crippen molar-refractivity contribution in [2.24, 2.45) is 5.73 Å². The molecule has 0 saturated heterocycles. The van der Waals surface area contributed by atoms with E-state index in [1.54, 1.807) is 13.8 Å². The van der Waals surface area contributed by atoms with Crippen LogP contribution >= 0.6 is 23.2 Å². The van der Waals surface area contributed by atoms with Gasteiger partial charge in [0.25, 0.3) is 0 Å². The van der Waals surface area contributed by atoms with Crippen LogP contribution in [0.5, 0.6) is 0 Å². The molecule has 0 fully saturated rings. The van der Waals surface area contributed by atoms with Gasteiger partial charge in [-0.25, -0.2) is 4.79 Å². The van der Waals surface area contributed by atoms with E-state index >= 15 is 0 Å². The Kier molecular flexibility index (Phi) is 8.04. The molecule has 1 aromatic rings. The van der Waals surface area contributed by atoms with Gasteiger partial charge in [0.1, 0.15) is 17.4 Å². The van der Waals surface area contributed by atoms with Crippen molar-refractivity contribution in [2.45, 2.75) is 19.8 Å². The Morgan fingerprint density at radius 2 is 1.89 bits per heavy atom. The highest BCUT2D eigenvalue weighted by Crippen LogP contribution is 2.40. The van der Waals surface area contributed by atoms with Crippen LogP contribution in [-0.4, -0.2) is 37.4 Å². The number of rotatable bonds is 8. The lowest BCUT2D eigenvalue weighted by Gasteiger charge is -2.28. The summed E-state index contributed by atoms with van der Waals surface area (Å²) in [6.45, 7) is 4.90. The largest absolute Gasteiger partial charge is 0.463 e. The van der Waals surface area contributed by atoms with Gasteiger partial charge in [-0.3, -0.25) is 0 Å². The van der Waals surface area contributed by atoms with E-state index in [4.69, 9.17) is 38.4 Å². The zero-order chi connectivity index (χ0) is 20.7. The number of nitrogens with two attached hydrogens (primary N) is 1. The first-order chi connectivity index (χ1) is 13.5. The van der Waals surface area contributed by atoms with Gasteiger partial charge >= 0.3 is 5.97 Å². The van der Waals surface area contributed by atoms with Crippen molar-refractivity contribution < 1.29 is 14.3 Å². The SMILES string of the molecule is CCOC(=O)C1=C(C)OC(N)=C(C#N)C1c1ccc(N(CCCl)CCCl)cc1. The molecule has 1 atom stereocenters. The van der Waals surface area contributed by atoms with Crippen molar-refractivity contribution in [3.63, 3.8) is 0 Å². The van der Waals surface area contributed by atoms with Crippen LogP contribution in [0.1, 0.15) is 25.3 Å². The second-order valence-corrected chi connectivity index (χ2v) is 6.83.